The summed E-state index contributed by atoms with van der Waals surface area (Å²) in [5.74, 6) is 0.806. The standard InChI is InChI=1S/C18H25F3N2O/c1-13(2)17(8-3-14-9-11-22-12-10-14)23-15-4-6-16(7-5-15)24-18(19,20)21/h4-8,13-14,22-23H,3,9-12H2,1-2H3/b17-8-. The van der Waals surface area contributed by atoms with Gasteiger partial charge < -0.3 is 15.4 Å². The summed E-state index contributed by atoms with van der Waals surface area (Å²) in [4.78, 5) is 0. The van der Waals surface area contributed by atoms with Gasteiger partial charge >= 0.3 is 6.36 Å². The maximum atomic E-state index is 12.2. The highest BCUT2D eigenvalue weighted by molar-refractivity contribution is 5.50. The molecule has 1 aromatic rings. The summed E-state index contributed by atoms with van der Waals surface area (Å²) < 4.78 is 40.4. The molecule has 0 saturated carbocycles. The maximum absolute atomic E-state index is 12.2. The Bertz CT molecular complexity index is 532. The molecule has 3 nitrogen and oxygen atoms in total. The van der Waals surface area contributed by atoms with Crippen molar-refractivity contribution in [2.45, 2.75) is 39.5 Å². The molecule has 0 bridgehead atoms. The zero-order chi connectivity index (χ0) is 17.6. The van der Waals surface area contributed by atoms with Crippen LogP contribution in [-0.4, -0.2) is 19.5 Å². The van der Waals surface area contributed by atoms with Gasteiger partial charge in [0, 0.05) is 11.4 Å². The van der Waals surface area contributed by atoms with Crippen LogP contribution in [0.2, 0.25) is 0 Å². The quantitative estimate of drug-likeness (QED) is 0.769. The van der Waals surface area contributed by atoms with E-state index < -0.39 is 6.36 Å². The highest BCUT2D eigenvalue weighted by Crippen LogP contribution is 2.26. The lowest BCUT2D eigenvalue weighted by atomic mass is 9.93. The number of ether oxygens (including phenoxy) is 1. The molecule has 1 fully saturated rings. The average molecular weight is 342 g/mol. The van der Waals surface area contributed by atoms with Crippen molar-refractivity contribution in [2.24, 2.45) is 11.8 Å². The molecule has 2 N–H and O–H groups in total. The second-order valence-electron chi connectivity index (χ2n) is 6.44. The van der Waals surface area contributed by atoms with Gasteiger partial charge in [-0.05, 0) is 68.5 Å². The molecule has 2 rings (SSSR count). The Morgan fingerprint density at radius 3 is 2.42 bits per heavy atom. The van der Waals surface area contributed by atoms with Gasteiger partial charge in [0.2, 0.25) is 0 Å². The van der Waals surface area contributed by atoms with E-state index in [0.29, 0.717) is 11.8 Å². The Hall–Kier alpha value is -1.69. The predicted octanol–water partition coefficient (Wildman–Crippen LogP) is 4.93. The minimum Gasteiger partial charge on any atom is -0.406 e. The topological polar surface area (TPSA) is 33.3 Å². The second-order valence-corrected chi connectivity index (χ2v) is 6.44. The van der Waals surface area contributed by atoms with E-state index in [9.17, 15) is 13.2 Å². The monoisotopic (exact) mass is 342 g/mol. The largest absolute Gasteiger partial charge is 0.573 e. The number of allylic oxidation sites excluding steroid dienone is 2. The number of rotatable bonds is 6. The van der Waals surface area contributed by atoms with Crippen LogP contribution in [-0.2, 0) is 0 Å². The third kappa shape index (κ3) is 6.43. The Balaban J connectivity index is 1.96. The lowest BCUT2D eigenvalue weighted by Crippen LogP contribution is -2.27. The first-order chi connectivity index (χ1) is 11.3. The van der Waals surface area contributed by atoms with Crippen LogP contribution >= 0.6 is 0 Å². The van der Waals surface area contributed by atoms with E-state index in [4.69, 9.17) is 0 Å². The number of halogens is 3. The maximum Gasteiger partial charge on any atom is 0.573 e. The van der Waals surface area contributed by atoms with Gasteiger partial charge in [0.05, 0.1) is 0 Å². The average Bonchev–Trinajstić information content (AvgIpc) is 2.52. The van der Waals surface area contributed by atoms with Crippen LogP contribution in [0.3, 0.4) is 0 Å². The molecule has 1 heterocycles. The summed E-state index contributed by atoms with van der Waals surface area (Å²) in [6.07, 6.45) is 0.960. The molecule has 1 aliphatic rings. The Kier molecular flexibility index (Phi) is 6.54. The molecule has 1 aliphatic heterocycles. The van der Waals surface area contributed by atoms with Gasteiger partial charge in [0.15, 0.2) is 0 Å². The number of hydrogen-bond donors (Lipinski definition) is 2. The van der Waals surface area contributed by atoms with Crippen molar-refractivity contribution >= 4 is 5.69 Å². The van der Waals surface area contributed by atoms with Gasteiger partial charge in [-0.25, -0.2) is 0 Å². The van der Waals surface area contributed by atoms with E-state index in [2.05, 4.69) is 35.3 Å². The first kappa shape index (κ1) is 18.6. The van der Waals surface area contributed by atoms with Crippen molar-refractivity contribution in [3.63, 3.8) is 0 Å². The van der Waals surface area contributed by atoms with Crippen LogP contribution in [0.25, 0.3) is 0 Å². The van der Waals surface area contributed by atoms with Crippen molar-refractivity contribution in [3.05, 3.63) is 36.0 Å². The summed E-state index contributed by atoms with van der Waals surface area (Å²) >= 11 is 0. The van der Waals surface area contributed by atoms with Crippen LogP contribution in [0.1, 0.15) is 33.1 Å². The van der Waals surface area contributed by atoms with Crippen molar-refractivity contribution in [1.29, 1.82) is 0 Å². The Morgan fingerprint density at radius 2 is 1.88 bits per heavy atom. The van der Waals surface area contributed by atoms with Crippen molar-refractivity contribution in [1.82, 2.24) is 5.32 Å². The smallest absolute Gasteiger partial charge is 0.406 e. The van der Waals surface area contributed by atoms with E-state index in [1.165, 1.54) is 25.0 Å². The van der Waals surface area contributed by atoms with Crippen LogP contribution in [0.5, 0.6) is 5.75 Å². The minimum atomic E-state index is -4.66. The second kappa shape index (κ2) is 8.42. The minimum absolute atomic E-state index is 0.210. The van der Waals surface area contributed by atoms with Crippen LogP contribution in [0.4, 0.5) is 18.9 Å². The molecule has 1 aromatic carbocycles. The first-order valence-electron chi connectivity index (χ1n) is 8.37. The van der Waals surface area contributed by atoms with Crippen molar-refractivity contribution in [2.75, 3.05) is 18.4 Å². The normalized spacial score (nSPS) is 17.2. The van der Waals surface area contributed by atoms with E-state index in [-0.39, 0.29) is 5.75 Å². The fourth-order valence-electron chi connectivity index (χ4n) is 2.75. The summed E-state index contributed by atoms with van der Waals surface area (Å²) in [6.45, 7) is 6.35. The number of alkyl halides is 3. The lowest BCUT2D eigenvalue weighted by molar-refractivity contribution is -0.274. The number of piperidine rings is 1. The molecule has 0 aromatic heterocycles. The summed E-state index contributed by atoms with van der Waals surface area (Å²) in [5.41, 5.74) is 1.85. The van der Waals surface area contributed by atoms with Gasteiger partial charge in [-0.1, -0.05) is 19.9 Å². The predicted molar refractivity (Wildman–Crippen MR) is 89.9 cm³/mol. The molecule has 134 valence electrons. The molecule has 0 atom stereocenters. The van der Waals surface area contributed by atoms with Crippen LogP contribution in [0, 0.1) is 11.8 Å². The fourth-order valence-corrected chi connectivity index (χ4v) is 2.75. The van der Waals surface area contributed by atoms with Crippen LogP contribution < -0.4 is 15.4 Å². The Morgan fingerprint density at radius 1 is 1.25 bits per heavy atom. The zero-order valence-corrected chi connectivity index (χ0v) is 14.1. The molecule has 24 heavy (non-hydrogen) atoms. The third-order valence-electron chi connectivity index (χ3n) is 4.13. The van der Waals surface area contributed by atoms with Gasteiger partial charge in [-0.2, -0.15) is 0 Å². The third-order valence-corrected chi connectivity index (χ3v) is 4.13. The van der Waals surface area contributed by atoms with E-state index in [1.54, 1.807) is 12.1 Å². The molecule has 6 heteroatoms. The van der Waals surface area contributed by atoms with Gasteiger partial charge in [0.1, 0.15) is 5.75 Å². The van der Waals surface area contributed by atoms with Gasteiger partial charge in [-0.15, -0.1) is 13.2 Å². The number of benzene rings is 1. The van der Waals surface area contributed by atoms with Gasteiger partial charge in [-0.3, -0.25) is 0 Å². The lowest BCUT2D eigenvalue weighted by Gasteiger charge is -2.22. The van der Waals surface area contributed by atoms with Crippen molar-refractivity contribution < 1.29 is 17.9 Å². The summed E-state index contributed by atoms with van der Waals surface area (Å²) in [7, 11) is 0. The van der Waals surface area contributed by atoms with Crippen LogP contribution in [0.15, 0.2) is 36.0 Å². The van der Waals surface area contributed by atoms with Crippen molar-refractivity contribution in [3.8, 4) is 5.75 Å². The molecule has 0 radical (unpaired) electrons. The summed E-state index contributed by atoms with van der Waals surface area (Å²) in [6, 6.07) is 5.84. The number of anilines is 1. The molecule has 0 aliphatic carbocycles. The molecule has 0 amide bonds. The zero-order valence-electron chi connectivity index (χ0n) is 14.1. The SMILES string of the molecule is CC(C)/C(=C/CC1CCNCC1)Nc1ccc(OC(F)(F)F)cc1. The van der Waals surface area contributed by atoms with E-state index >= 15 is 0 Å². The highest BCUT2D eigenvalue weighted by Gasteiger charge is 2.30. The van der Waals surface area contributed by atoms with Gasteiger partial charge in [0.25, 0.3) is 0 Å². The Labute approximate surface area is 141 Å². The van der Waals surface area contributed by atoms with E-state index in [1.807, 2.05) is 0 Å². The number of nitrogens with one attached hydrogen (secondary N) is 2. The molecular weight excluding hydrogens is 317 g/mol. The molecule has 1 saturated heterocycles. The highest BCUT2D eigenvalue weighted by atomic mass is 19.4. The first-order valence-corrected chi connectivity index (χ1v) is 8.37. The molecular formula is C18H25F3N2O. The molecule has 0 unspecified atom stereocenters. The fraction of sp³-hybridized carbons (Fsp3) is 0.556. The van der Waals surface area contributed by atoms with E-state index in [0.717, 1.165) is 30.9 Å². The summed E-state index contributed by atoms with van der Waals surface area (Å²) in [5, 5.41) is 6.67. The number of hydrogen-bond acceptors (Lipinski definition) is 3. The molecule has 0 spiro atoms.